The standard InChI is InChI=1S/C20H21NO4/c1-3-18(19(22)24-2)21-20(23)25-12-17-15-10-6-4-8-13(15)14-9-5-7-11-16(14)17/h4-11,17-18H,3,12H2,1-2H3,(H,21,23)/t18-/m1/s1. The summed E-state index contributed by atoms with van der Waals surface area (Å²) in [4.78, 5) is 23.6. The number of amides is 1. The van der Waals surface area contributed by atoms with Crippen LogP contribution in [0.15, 0.2) is 48.5 Å². The van der Waals surface area contributed by atoms with Gasteiger partial charge in [0.25, 0.3) is 0 Å². The maximum atomic E-state index is 12.1. The van der Waals surface area contributed by atoms with Crippen LogP contribution in [0.1, 0.15) is 30.4 Å². The number of methoxy groups -OCH3 is 1. The van der Waals surface area contributed by atoms with Gasteiger partial charge in [0, 0.05) is 5.92 Å². The molecule has 0 spiro atoms. The number of rotatable bonds is 5. The molecule has 0 fully saturated rings. The summed E-state index contributed by atoms with van der Waals surface area (Å²) in [6, 6.07) is 15.6. The molecule has 0 saturated carbocycles. The summed E-state index contributed by atoms with van der Waals surface area (Å²) in [7, 11) is 1.30. The Morgan fingerprint density at radius 2 is 1.60 bits per heavy atom. The minimum atomic E-state index is -0.694. The molecule has 0 radical (unpaired) electrons. The van der Waals surface area contributed by atoms with E-state index in [2.05, 4.69) is 34.3 Å². The molecule has 0 bridgehead atoms. The molecule has 1 aliphatic carbocycles. The zero-order chi connectivity index (χ0) is 17.8. The van der Waals surface area contributed by atoms with Crippen LogP contribution in [0.4, 0.5) is 4.79 Å². The second-order valence-corrected chi connectivity index (χ2v) is 5.95. The summed E-state index contributed by atoms with van der Waals surface area (Å²) in [6.45, 7) is 2.02. The van der Waals surface area contributed by atoms with Gasteiger partial charge in [-0.15, -0.1) is 0 Å². The summed E-state index contributed by atoms with van der Waals surface area (Å²) in [5.74, 6) is -0.479. The van der Waals surface area contributed by atoms with E-state index >= 15 is 0 Å². The third-order valence-corrected chi connectivity index (χ3v) is 4.53. The van der Waals surface area contributed by atoms with Crippen LogP contribution >= 0.6 is 0 Å². The van der Waals surface area contributed by atoms with E-state index in [1.807, 2.05) is 24.3 Å². The topological polar surface area (TPSA) is 64.6 Å². The molecule has 0 aliphatic heterocycles. The van der Waals surface area contributed by atoms with Crippen molar-refractivity contribution < 1.29 is 19.1 Å². The van der Waals surface area contributed by atoms with Crippen LogP contribution < -0.4 is 5.32 Å². The largest absolute Gasteiger partial charge is 0.467 e. The number of benzene rings is 2. The van der Waals surface area contributed by atoms with Crippen LogP contribution in [0.3, 0.4) is 0 Å². The number of nitrogens with one attached hydrogen (secondary N) is 1. The summed E-state index contributed by atoms with van der Waals surface area (Å²) >= 11 is 0. The highest BCUT2D eigenvalue weighted by Gasteiger charge is 2.29. The average Bonchev–Trinajstić information content (AvgIpc) is 2.98. The van der Waals surface area contributed by atoms with Gasteiger partial charge in [-0.25, -0.2) is 9.59 Å². The third kappa shape index (κ3) is 3.36. The van der Waals surface area contributed by atoms with E-state index in [0.717, 1.165) is 11.1 Å². The van der Waals surface area contributed by atoms with Gasteiger partial charge in [0.2, 0.25) is 0 Å². The molecule has 5 heteroatoms. The first-order valence-corrected chi connectivity index (χ1v) is 8.35. The molecule has 1 aliphatic rings. The van der Waals surface area contributed by atoms with E-state index in [0.29, 0.717) is 6.42 Å². The predicted molar refractivity (Wildman–Crippen MR) is 94.3 cm³/mol. The lowest BCUT2D eigenvalue weighted by molar-refractivity contribution is -0.143. The molecule has 0 unspecified atom stereocenters. The van der Waals surface area contributed by atoms with Crippen LogP contribution in [0.25, 0.3) is 11.1 Å². The Hall–Kier alpha value is -2.82. The molecule has 0 aromatic heterocycles. The molecule has 0 saturated heterocycles. The van der Waals surface area contributed by atoms with E-state index in [1.165, 1.54) is 18.2 Å². The van der Waals surface area contributed by atoms with Crippen molar-refractivity contribution in [1.29, 1.82) is 0 Å². The highest BCUT2D eigenvalue weighted by molar-refractivity contribution is 5.81. The maximum absolute atomic E-state index is 12.1. The number of fused-ring (bicyclic) bond motifs is 3. The molecule has 5 nitrogen and oxygen atoms in total. The van der Waals surface area contributed by atoms with Gasteiger partial charge < -0.3 is 14.8 Å². The molecule has 1 amide bonds. The van der Waals surface area contributed by atoms with Crippen molar-refractivity contribution >= 4 is 12.1 Å². The first-order chi connectivity index (χ1) is 12.2. The van der Waals surface area contributed by atoms with Crippen molar-refractivity contribution in [3.63, 3.8) is 0 Å². The zero-order valence-electron chi connectivity index (χ0n) is 14.3. The number of ether oxygens (including phenoxy) is 2. The second kappa shape index (κ2) is 7.38. The van der Waals surface area contributed by atoms with E-state index in [9.17, 15) is 9.59 Å². The molecule has 3 rings (SSSR count). The highest BCUT2D eigenvalue weighted by atomic mass is 16.6. The van der Waals surface area contributed by atoms with Gasteiger partial charge >= 0.3 is 12.1 Å². The van der Waals surface area contributed by atoms with Crippen molar-refractivity contribution in [1.82, 2.24) is 5.32 Å². The number of carbonyl (C=O) groups is 2. The van der Waals surface area contributed by atoms with Crippen molar-refractivity contribution in [3.8, 4) is 11.1 Å². The monoisotopic (exact) mass is 339 g/mol. The summed E-state index contributed by atoms with van der Waals surface area (Å²) < 4.78 is 10.1. The Kier molecular flexibility index (Phi) is 5.03. The minimum Gasteiger partial charge on any atom is -0.467 e. The van der Waals surface area contributed by atoms with Gasteiger partial charge in [0.1, 0.15) is 12.6 Å². The Bertz CT molecular complexity index is 741. The fraction of sp³-hybridized carbons (Fsp3) is 0.300. The van der Waals surface area contributed by atoms with Gasteiger partial charge in [-0.2, -0.15) is 0 Å². The first kappa shape index (κ1) is 17.0. The van der Waals surface area contributed by atoms with Crippen molar-refractivity contribution in [3.05, 3.63) is 59.7 Å². The van der Waals surface area contributed by atoms with E-state index < -0.39 is 18.1 Å². The molecule has 1 atom stereocenters. The predicted octanol–water partition coefficient (Wildman–Crippen LogP) is 3.48. The van der Waals surface area contributed by atoms with Crippen LogP contribution in [0.5, 0.6) is 0 Å². The minimum absolute atomic E-state index is 0.00338. The summed E-state index contributed by atoms with van der Waals surface area (Å²) in [6.07, 6.45) is -0.171. The fourth-order valence-electron chi connectivity index (χ4n) is 3.25. The smallest absolute Gasteiger partial charge is 0.407 e. The molecule has 1 N–H and O–H groups in total. The summed E-state index contributed by atoms with van der Waals surface area (Å²) in [5.41, 5.74) is 4.65. The zero-order valence-corrected chi connectivity index (χ0v) is 14.3. The molecular formula is C20H21NO4. The number of esters is 1. The van der Waals surface area contributed by atoms with Crippen molar-refractivity contribution in [2.45, 2.75) is 25.3 Å². The Morgan fingerprint density at radius 1 is 1.04 bits per heavy atom. The van der Waals surface area contributed by atoms with Crippen molar-refractivity contribution in [2.75, 3.05) is 13.7 Å². The van der Waals surface area contributed by atoms with E-state index in [-0.39, 0.29) is 12.5 Å². The van der Waals surface area contributed by atoms with E-state index in [1.54, 1.807) is 6.92 Å². The molecule has 25 heavy (non-hydrogen) atoms. The van der Waals surface area contributed by atoms with Gasteiger partial charge in [-0.3, -0.25) is 0 Å². The Balaban J connectivity index is 1.71. The van der Waals surface area contributed by atoms with Crippen LogP contribution in [0, 0.1) is 0 Å². The second-order valence-electron chi connectivity index (χ2n) is 5.95. The highest BCUT2D eigenvalue weighted by Crippen LogP contribution is 2.44. The van der Waals surface area contributed by atoms with Crippen molar-refractivity contribution in [2.24, 2.45) is 0 Å². The quantitative estimate of drug-likeness (QED) is 0.847. The molecule has 2 aromatic carbocycles. The van der Waals surface area contributed by atoms with Gasteiger partial charge in [-0.05, 0) is 28.7 Å². The maximum Gasteiger partial charge on any atom is 0.407 e. The van der Waals surface area contributed by atoms with Crippen LogP contribution in [0.2, 0.25) is 0 Å². The van der Waals surface area contributed by atoms with Gasteiger partial charge in [0.15, 0.2) is 0 Å². The molecule has 0 heterocycles. The lowest BCUT2D eigenvalue weighted by Crippen LogP contribution is -2.41. The number of hydrogen-bond donors (Lipinski definition) is 1. The SMILES string of the molecule is CC[C@@H](NC(=O)OCC1c2ccccc2-c2ccccc21)C(=O)OC. The fourth-order valence-corrected chi connectivity index (χ4v) is 3.25. The average molecular weight is 339 g/mol. The van der Waals surface area contributed by atoms with Crippen LogP contribution in [-0.4, -0.2) is 31.8 Å². The third-order valence-electron chi connectivity index (χ3n) is 4.53. The lowest BCUT2D eigenvalue weighted by Gasteiger charge is -2.17. The van der Waals surface area contributed by atoms with Gasteiger partial charge in [0.05, 0.1) is 7.11 Å². The molecular weight excluding hydrogens is 318 g/mol. The molecule has 2 aromatic rings. The number of carbonyl (C=O) groups excluding carboxylic acids is 2. The van der Waals surface area contributed by atoms with Crippen LogP contribution in [-0.2, 0) is 14.3 Å². The summed E-state index contributed by atoms with van der Waals surface area (Å²) in [5, 5.41) is 2.55. The Labute approximate surface area is 147 Å². The Morgan fingerprint density at radius 3 is 2.12 bits per heavy atom. The lowest BCUT2D eigenvalue weighted by atomic mass is 9.98. The number of alkyl carbamates (subject to hydrolysis) is 1. The normalized spacial score (nSPS) is 13.5. The molecule has 130 valence electrons. The first-order valence-electron chi connectivity index (χ1n) is 8.35. The van der Waals surface area contributed by atoms with Gasteiger partial charge in [-0.1, -0.05) is 55.5 Å². The number of hydrogen-bond acceptors (Lipinski definition) is 4. The van der Waals surface area contributed by atoms with E-state index in [4.69, 9.17) is 4.74 Å².